The van der Waals surface area contributed by atoms with Crippen molar-refractivity contribution < 1.29 is 16.8 Å². The summed E-state index contributed by atoms with van der Waals surface area (Å²) in [6.45, 7) is 0. The smallest absolute Gasteiger partial charge is 0.176 e. The SMILES string of the molecule is CS(=O)(=O)c1ccc(Sc2ccc(Cl)cc2)c(S(C)(=O)=O)c1. The zero-order valence-corrected chi connectivity index (χ0v) is 15.0. The van der Waals surface area contributed by atoms with E-state index in [0.29, 0.717) is 9.92 Å². The lowest BCUT2D eigenvalue weighted by molar-refractivity contribution is 0.598. The molecule has 0 aliphatic carbocycles. The second kappa shape index (κ2) is 6.23. The molecule has 0 N–H and O–H groups in total. The minimum atomic E-state index is -3.56. The van der Waals surface area contributed by atoms with Gasteiger partial charge >= 0.3 is 0 Å². The van der Waals surface area contributed by atoms with Gasteiger partial charge in [-0.1, -0.05) is 23.4 Å². The van der Waals surface area contributed by atoms with Crippen LogP contribution in [-0.2, 0) is 19.7 Å². The molecule has 0 aliphatic heterocycles. The van der Waals surface area contributed by atoms with Crippen molar-refractivity contribution in [3.63, 3.8) is 0 Å². The fourth-order valence-electron chi connectivity index (χ4n) is 1.72. The van der Waals surface area contributed by atoms with Crippen molar-refractivity contribution >= 4 is 43.0 Å². The van der Waals surface area contributed by atoms with Crippen molar-refractivity contribution in [3.05, 3.63) is 47.5 Å². The van der Waals surface area contributed by atoms with Gasteiger partial charge in [0.15, 0.2) is 19.7 Å². The van der Waals surface area contributed by atoms with Gasteiger partial charge < -0.3 is 0 Å². The van der Waals surface area contributed by atoms with Crippen LogP contribution in [0.2, 0.25) is 5.02 Å². The molecule has 0 saturated heterocycles. The molecule has 2 aromatic rings. The van der Waals surface area contributed by atoms with Crippen LogP contribution in [0.25, 0.3) is 0 Å². The highest BCUT2D eigenvalue weighted by molar-refractivity contribution is 8.00. The second-order valence-corrected chi connectivity index (χ2v) is 10.3. The third-order valence-electron chi connectivity index (χ3n) is 2.78. The average Bonchev–Trinajstić information content (AvgIpc) is 2.39. The molecule has 0 unspecified atom stereocenters. The Balaban J connectivity index is 2.54. The number of rotatable bonds is 4. The lowest BCUT2D eigenvalue weighted by Crippen LogP contribution is -2.03. The first kappa shape index (κ1) is 17.3. The van der Waals surface area contributed by atoms with E-state index in [-0.39, 0.29) is 9.79 Å². The van der Waals surface area contributed by atoms with Crippen LogP contribution >= 0.6 is 23.4 Å². The minimum absolute atomic E-state index is 0.00428. The molecule has 118 valence electrons. The molecule has 0 radical (unpaired) electrons. The first-order chi connectivity index (χ1) is 10.1. The maximum atomic E-state index is 11.9. The Kier molecular flexibility index (Phi) is 4.91. The van der Waals surface area contributed by atoms with Gasteiger partial charge in [0.1, 0.15) is 0 Å². The maximum absolute atomic E-state index is 11.9. The molecule has 2 rings (SSSR count). The summed E-state index contributed by atoms with van der Waals surface area (Å²) in [5.74, 6) is 0. The fourth-order valence-corrected chi connectivity index (χ4v) is 4.75. The first-order valence-corrected chi connectivity index (χ1v) is 11.0. The Morgan fingerprint density at radius 2 is 1.45 bits per heavy atom. The third-order valence-corrected chi connectivity index (χ3v) is 6.50. The van der Waals surface area contributed by atoms with E-state index in [9.17, 15) is 16.8 Å². The number of sulfone groups is 2. The Labute approximate surface area is 139 Å². The van der Waals surface area contributed by atoms with Crippen LogP contribution in [-0.4, -0.2) is 29.3 Å². The molecule has 0 bridgehead atoms. The van der Waals surface area contributed by atoms with E-state index in [1.165, 1.54) is 30.0 Å². The summed E-state index contributed by atoms with van der Waals surface area (Å²) in [5, 5.41) is 0.583. The van der Waals surface area contributed by atoms with Gasteiger partial charge in [-0.25, -0.2) is 16.8 Å². The summed E-state index contributed by atoms with van der Waals surface area (Å²) in [5.41, 5.74) is 0. The molecule has 0 amide bonds. The molecule has 0 heterocycles. The predicted octanol–water partition coefficient (Wildman–Crippen LogP) is 3.30. The zero-order valence-electron chi connectivity index (χ0n) is 11.8. The highest BCUT2D eigenvalue weighted by Gasteiger charge is 2.18. The van der Waals surface area contributed by atoms with Crippen LogP contribution in [0.4, 0.5) is 0 Å². The van der Waals surface area contributed by atoms with Gasteiger partial charge in [-0.2, -0.15) is 0 Å². The van der Waals surface area contributed by atoms with Crippen molar-refractivity contribution in [2.75, 3.05) is 12.5 Å². The molecule has 0 spiro atoms. The highest BCUT2D eigenvalue weighted by atomic mass is 35.5. The molecule has 0 saturated carbocycles. The lowest BCUT2D eigenvalue weighted by atomic mass is 10.4. The van der Waals surface area contributed by atoms with Crippen molar-refractivity contribution in [1.82, 2.24) is 0 Å². The van der Waals surface area contributed by atoms with Gasteiger partial charge in [-0.05, 0) is 42.5 Å². The van der Waals surface area contributed by atoms with Crippen LogP contribution in [0.5, 0.6) is 0 Å². The number of halogens is 1. The molecule has 0 aliphatic rings. The normalized spacial score (nSPS) is 12.3. The lowest BCUT2D eigenvalue weighted by Gasteiger charge is -2.09. The van der Waals surface area contributed by atoms with E-state index >= 15 is 0 Å². The molecule has 22 heavy (non-hydrogen) atoms. The van der Waals surface area contributed by atoms with Crippen LogP contribution in [0.1, 0.15) is 0 Å². The van der Waals surface area contributed by atoms with Crippen molar-refractivity contribution in [2.24, 2.45) is 0 Å². The standard InChI is InChI=1S/C14H13ClO4S3/c1-21(16,17)12-7-8-13(14(9-12)22(2,18)19)20-11-5-3-10(15)4-6-11/h3-9H,1-2H3. The maximum Gasteiger partial charge on any atom is 0.176 e. The molecule has 0 aromatic heterocycles. The second-order valence-electron chi connectivity index (χ2n) is 4.71. The van der Waals surface area contributed by atoms with Gasteiger partial charge in [0.25, 0.3) is 0 Å². The minimum Gasteiger partial charge on any atom is -0.224 e. The molecule has 2 aromatic carbocycles. The fraction of sp³-hybridized carbons (Fsp3) is 0.143. The van der Waals surface area contributed by atoms with Crippen molar-refractivity contribution in [3.8, 4) is 0 Å². The van der Waals surface area contributed by atoms with Crippen LogP contribution in [0.15, 0.2) is 62.0 Å². The van der Waals surface area contributed by atoms with E-state index in [2.05, 4.69) is 0 Å². The summed E-state index contributed by atoms with van der Waals surface area (Å²) in [6.07, 6.45) is 2.10. The Hall–Kier alpha value is -1.02. The highest BCUT2D eigenvalue weighted by Crippen LogP contribution is 2.34. The molecular formula is C14H13ClO4S3. The average molecular weight is 377 g/mol. The van der Waals surface area contributed by atoms with Crippen molar-refractivity contribution in [2.45, 2.75) is 19.6 Å². The third kappa shape index (κ3) is 4.25. The summed E-state index contributed by atoms with van der Waals surface area (Å²) < 4.78 is 47.1. The van der Waals surface area contributed by atoms with Crippen molar-refractivity contribution in [1.29, 1.82) is 0 Å². The topological polar surface area (TPSA) is 68.3 Å². The largest absolute Gasteiger partial charge is 0.224 e. The van der Waals surface area contributed by atoms with Gasteiger partial charge in [0.05, 0.1) is 9.79 Å². The van der Waals surface area contributed by atoms with E-state index in [4.69, 9.17) is 11.6 Å². The summed E-state index contributed by atoms with van der Waals surface area (Å²) >= 11 is 7.05. The van der Waals surface area contributed by atoms with E-state index in [1.54, 1.807) is 24.3 Å². The van der Waals surface area contributed by atoms with Gasteiger partial charge in [0.2, 0.25) is 0 Å². The Morgan fingerprint density at radius 3 is 1.95 bits per heavy atom. The summed E-state index contributed by atoms with van der Waals surface area (Å²) in [4.78, 5) is 1.25. The van der Waals surface area contributed by atoms with Crippen LogP contribution < -0.4 is 0 Å². The molecule has 0 atom stereocenters. The quantitative estimate of drug-likeness (QED) is 0.818. The van der Waals surface area contributed by atoms with Gasteiger partial charge in [-0.15, -0.1) is 0 Å². The van der Waals surface area contributed by atoms with Crippen LogP contribution in [0, 0.1) is 0 Å². The van der Waals surface area contributed by atoms with Gasteiger partial charge in [0, 0.05) is 27.3 Å². The molecule has 0 fully saturated rings. The number of hydrogen-bond acceptors (Lipinski definition) is 5. The molecule has 8 heteroatoms. The first-order valence-electron chi connectivity index (χ1n) is 6.05. The molecule has 4 nitrogen and oxygen atoms in total. The monoisotopic (exact) mass is 376 g/mol. The number of hydrogen-bond donors (Lipinski definition) is 0. The van der Waals surface area contributed by atoms with E-state index < -0.39 is 19.7 Å². The number of benzene rings is 2. The molecular weight excluding hydrogens is 364 g/mol. The summed E-state index contributed by atoms with van der Waals surface area (Å²) in [7, 11) is -7.03. The Bertz CT molecular complexity index is 902. The zero-order chi connectivity index (χ0) is 16.5. The summed E-state index contributed by atoms with van der Waals surface area (Å²) in [6, 6.07) is 11.0. The Morgan fingerprint density at radius 1 is 0.864 bits per heavy atom. The van der Waals surface area contributed by atoms with Gasteiger partial charge in [-0.3, -0.25) is 0 Å². The van der Waals surface area contributed by atoms with E-state index in [0.717, 1.165) is 17.4 Å². The predicted molar refractivity (Wildman–Crippen MR) is 88.2 cm³/mol. The van der Waals surface area contributed by atoms with E-state index in [1.807, 2.05) is 0 Å². The van der Waals surface area contributed by atoms with Crippen LogP contribution in [0.3, 0.4) is 0 Å².